The molecule has 4 rings (SSSR count). The first kappa shape index (κ1) is 19.8. The van der Waals surface area contributed by atoms with E-state index in [1.54, 1.807) is 24.3 Å². The lowest BCUT2D eigenvalue weighted by Gasteiger charge is -2.15. The van der Waals surface area contributed by atoms with Crippen molar-refractivity contribution < 1.29 is 18.0 Å². The predicted molar refractivity (Wildman–Crippen MR) is 107 cm³/mol. The first-order valence-corrected chi connectivity index (χ1v) is 10.3. The summed E-state index contributed by atoms with van der Waals surface area (Å²) in [4.78, 5) is 17.5. The zero-order chi connectivity index (χ0) is 20.4. The Balaban J connectivity index is 1.72. The second-order valence-corrected chi connectivity index (χ2v) is 8.14. The van der Waals surface area contributed by atoms with E-state index in [-0.39, 0.29) is 16.8 Å². The van der Waals surface area contributed by atoms with Crippen LogP contribution < -0.4 is 5.32 Å². The van der Waals surface area contributed by atoms with Crippen LogP contribution in [0.3, 0.4) is 0 Å². The molecule has 1 amide bonds. The van der Waals surface area contributed by atoms with Crippen LogP contribution in [0.2, 0.25) is 0 Å². The topological polar surface area (TPSA) is 42.0 Å². The summed E-state index contributed by atoms with van der Waals surface area (Å²) in [7, 11) is 0. The number of alkyl halides is 3. The van der Waals surface area contributed by atoms with E-state index >= 15 is 0 Å². The van der Waals surface area contributed by atoms with Gasteiger partial charge in [-0.25, -0.2) is 4.98 Å². The number of hydrogen-bond acceptors (Lipinski definition) is 3. The van der Waals surface area contributed by atoms with Gasteiger partial charge in [-0.15, -0.1) is 0 Å². The molecule has 0 saturated heterocycles. The molecule has 7 heteroatoms. The second-order valence-electron chi connectivity index (χ2n) is 7.08. The van der Waals surface area contributed by atoms with Gasteiger partial charge in [0.2, 0.25) is 0 Å². The Morgan fingerprint density at radius 3 is 2.48 bits per heavy atom. The van der Waals surface area contributed by atoms with Gasteiger partial charge in [-0.3, -0.25) is 4.79 Å². The number of carbonyl (C=O) groups is 1. The van der Waals surface area contributed by atoms with Gasteiger partial charge < -0.3 is 5.32 Å². The largest absolute Gasteiger partial charge is 0.417 e. The van der Waals surface area contributed by atoms with Crippen molar-refractivity contribution in [2.45, 2.75) is 47.8 Å². The molecule has 1 N–H and O–H groups in total. The number of rotatable bonds is 4. The lowest BCUT2D eigenvalue weighted by atomic mass is 10.1. The van der Waals surface area contributed by atoms with Crippen molar-refractivity contribution in [2.24, 2.45) is 0 Å². The fourth-order valence-electron chi connectivity index (χ4n) is 3.63. The molecule has 0 bridgehead atoms. The third-order valence-electron chi connectivity index (χ3n) is 5.03. The highest BCUT2D eigenvalue weighted by Crippen LogP contribution is 2.39. The number of aromatic nitrogens is 1. The summed E-state index contributed by atoms with van der Waals surface area (Å²) in [6, 6.07) is 14.3. The number of para-hydroxylation sites is 1. The number of hydrogen-bond donors (Lipinski definition) is 1. The van der Waals surface area contributed by atoms with Gasteiger partial charge in [0, 0.05) is 16.3 Å². The Morgan fingerprint density at radius 2 is 1.72 bits per heavy atom. The minimum absolute atomic E-state index is 0.0601. The molecular formula is C22H19F3N2OS. The van der Waals surface area contributed by atoms with Gasteiger partial charge in [0.05, 0.1) is 16.6 Å². The van der Waals surface area contributed by atoms with Gasteiger partial charge in [0.15, 0.2) is 0 Å². The van der Waals surface area contributed by atoms with E-state index in [0.29, 0.717) is 21.5 Å². The van der Waals surface area contributed by atoms with Gasteiger partial charge >= 0.3 is 6.18 Å². The molecule has 3 aromatic rings. The molecule has 0 atom stereocenters. The molecule has 2 aromatic carbocycles. The summed E-state index contributed by atoms with van der Waals surface area (Å²) < 4.78 is 40.0. The number of nitrogens with one attached hydrogen (secondary N) is 1. The molecule has 0 spiro atoms. The van der Waals surface area contributed by atoms with Crippen LogP contribution in [0.1, 0.15) is 41.6 Å². The van der Waals surface area contributed by atoms with Crippen LogP contribution in [-0.2, 0) is 6.18 Å². The van der Waals surface area contributed by atoms with Gasteiger partial charge in [0.25, 0.3) is 5.91 Å². The summed E-state index contributed by atoms with van der Waals surface area (Å²) in [5.41, 5.74) is 0.310. The zero-order valence-electron chi connectivity index (χ0n) is 15.5. The SMILES string of the molecule is O=C(NC1CCCC1)c1cc(Sc2ccccc2C(F)(F)F)nc2ccccc12. The maximum atomic E-state index is 13.3. The smallest absolute Gasteiger partial charge is 0.349 e. The minimum Gasteiger partial charge on any atom is -0.349 e. The summed E-state index contributed by atoms with van der Waals surface area (Å²) in [6.07, 6.45) is -0.359. The van der Waals surface area contributed by atoms with Gasteiger partial charge in [-0.05, 0) is 37.1 Å². The molecule has 29 heavy (non-hydrogen) atoms. The molecular weight excluding hydrogens is 397 g/mol. The summed E-state index contributed by atoms with van der Waals surface area (Å²) in [6.45, 7) is 0. The molecule has 1 fully saturated rings. The van der Waals surface area contributed by atoms with E-state index < -0.39 is 11.7 Å². The molecule has 1 saturated carbocycles. The first-order chi connectivity index (χ1) is 13.9. The number of halogens is 3. The quantitative estimate of drug-likeness (QED) is 0.561. The molecule has 1 heterocycles. The first-order valence-electron chi connectivity index (χ1n) is 9.46. The Morgan fingerprint density at radius 1 is 1.03 bits per heavy atom. The molecule has 0 radical (unpaired) electrons. The third kappa shape index (κ3) is 4.40. The molecule has 0 aliphatic heterocycles. The van der Waals surface area contributed by atoms with Crippen LogP contribution in [0, 0.1) is 0 Å². The molecule has 1 aliphatic carbocycles. The van der Waals surface area contributed by atoms with Crippen LogP contribution in [0.15, 0.2) is 64.5 Å². The normalized spacial score (nSPS) is 15.0. The van der Waals surface area contributed by atoms with Crippen molar-refractivity contribution >= 4 is 28.6 Å². The standard InChI is InChI=1S/C22H19F3N2OS/c23-22(24,25)17-10-4-6-12-19(17)29-20-13-16(15-9-3-5-11-18(15)27-20)21(28)26-14-7-1-2-8-14/h3-6,9-14H,1-2,7-8H2,(H,26,28). The lowest BCUT2D eigenvalue weighted by molar-refractivity contribution is -0.139. The number of nitrogens with zero attached hydrogens (tertiary/aromatic N) is 1. The summed E-state index contributed by atoms with van der Waals surface area (Å²) in [5.74, 6) is -0.207. The number of amides is 1. The Hall–Kier alpha value is -2.54. The van der Waals surface area contributed by atoms with Gasteiger partial charge in [-0.2, -0.15) is 13.2 Å². The fraction of sp³-hybridized carbons (Fsp3) is 0.273. The summed E-state index contributed by atoms with van der Waals surface area (Å²) in [5, 5.41) is 4.11. The lowest BCUT2D eigenvalue weighted by Crippen LogP contribution is -2.32. The van der Waals surface area contributed by atoms with Crippen LogP contribution in [0.25, 0.3) is 10.9 Å². The molecule has 0 unspecified atom stereocenters. The Kier molecular flexibility index (Phi) is 5.50. The van der Waals surface area contributed by atoms with Crippen molar-refractivity contribution in [3.05, 3.63) is 65.7 Å². The minimum atomic E-state index is -4.46. The maximum absolute atomic E-state index is 13.3. The fourth-order valence-corrected chi connectivity index (χ4v) is 4.61. The zero-order valence-corrected chi connectivity index (χ0v) is 16.3. The Bertz CT molecular complexity index is 1050. The van der Waals surface area contributed by atoms with Crippen molar-refractivity contribution in [2.75, 3.05) is 0 Å². The monoisotopic (exact) mass is 416 g/mol. The highest BCUT2D eigenvalue weighted by molar-refractivity contribution is 7.99. The maximum Gasteiger partial charge on any atom is 0.417 e. The van der Waals surface area contributed by atoms with E-state index in [9.17, 15) is 18.0 Å². The van der Waals surface area contributed by atoms with E-state index in [1.807, 2.05) is 12.1 Å². The van der Waals surface area contributed by atoms with E-state index in [0.717, 1.165) is 43.5 Å². The van der Waals surface area contributed by atoms with Crippen molar-refractivity contribution in [3.8, 4) is 0 Å². The molecule has 3 nitrogen and oxygen atoms in total. The highest BCUT2D eigenvalue weighted by Gasteiger charge is 2.33. The third-order valence-corrected chi connectivity index (χ3v) is 6.03. The van der Waals surface area contributed by atoms with E-state index in [4.69, 9.17) is 0 Å². The number of carbonyl (C=O) groups excluding carboxylic acids is 1. The van der Waals surface area contributed by atoms with Crippen LogP contribution >= 0.6 is 11.8 Å². The van der Waals surface area contributed by atoms with E-state index in [1.165, 1.54) is 12.1 Å². The number of benzene rings is 2. The average molecular weight is 416 g/mol. The number of pyridine rings is 1. The molecule has 1 aliphatic rings. The van der Waals surface area contributed by atoms with Crippen molar-refractivity contribution in [1.82, 2.24) is 10.3 Å². The molecule has 1 aromatic heterocycles. The van der Waals surface area contributed by atoms with Gasteiger partial charge in [0.1, 0.15) is 5.03 Å². The summed E-state index contributed by atoms with van der Waals surface area (Å²) >= 11 is 0.919. The van der Waals surface area contributed by atoms with Crippen LogP contribution in [0.5, 0.6) is 0 Å². The van der Waals surface area contributed by atoms with Crippen LogP contribution in [-0.4, -0.2) is 16.9 Å². The predicted octanol–water partition coefficient (Wildman–Crippen LogP) is 6.08. The highest BCUT2D eigenvalue weighted by atomic mass is 32.2. The average Bonchev–Trinajstić information content (AvgIpc) is 3.20. The van der Waals surface area contributed by atoms with Crippen molar-refractivity contribution in [1.29, 1.82) is 0 Å². The van der Waals surface area contributed by atoms with E-state index in [2.05, 4.69) is 10.3 Å². The molecule has 150 valence electrons. The Labute approximate surface area is 170 Å². The van der Waals surface area contributed by atoms with Gasteiger partial charge in [-0.1, -0.05) is 54.9 Å². The second kappa shape index (κ2) is 8.06. The van der Waals surface area contributed by atoms with Crippen molar-refractivity contribution in [3.63, 3.8) is 0 Å². The number of fused-ring (bicyclic) bond motifs is 1. The van der Waals surface area contributed by atoms with Crippen LogP contribution in [0.4, 0.5) is 13.2 Å².